The third-order valence-electron chi connectivity index (χ3n) is 4.44. The molecule has 0 spiro atoms. The third-order valence-corrected chi connectivity index (χ3v) is 4.76. The van der Waals surface area contributed by atoms with E-state index in [0.717, 1.165) is 5.82 Å². The van der Waals surface area contributed by atoms with Gasteiger partial charge in [-0.1, -0.05) is 17.7 Å². The maximum Gasteiger partial charge on any atom is 0.258 e. The molecule has 0 aliphatic carbocycles. The first-order chi connectivity index (χ1) is 13.1. The summed E-state index contributed by atoms with van der Waals surface area (Å²) >= 11 is 6.01. The lowest BCUT2D eigenvalue weighted by Gasteiger charge is -2.35. The van der Waals surface area contributed by atoms with E-state index in [9.17, 15) is 9.18 Å². The van der Waals surface area contributed by atoms with Crippen molar-refractivity contribution in [1.29, 1.82) is 0 Å². The zero-order valence-electron chi connectivity index (χ0n) is 14.3. The lowest BCUT2D eigenvalue weighted by Crippen LogP contribution is -2.49. The molecule has 2 aromatic heterocycles. The molecule has 0 atom stereocenters. The van der Waals surface area contributed by atoms with Crippen LogP contribution in [0.25, 0.3) is 5.82 Å². The van der Waals surface area contributed by atoms with E-state index in [1.807, 2.05) is 12.1 Å². The topological polar surface area (TPSA) is 67.2 Å². The fourth-order valence-corrected chi connectivity index (χ4v) is 3.28. The van der Waals surface area contributed by atoms with Gasteiger partial charge in [-0.05, 0) is 18.2 Å². The van der Waals surface area contributed by atoms with Crippen molar-refractivity contribution in [3.8, 4) is 5.82 Å². The molecule has 1 aromatic carbocycles. The Bertz CT molecular complexity index is 936. The number of nitrogens with zero attached hydrogens (tertiary/aromatic N) is 6. The number of carbonyl (C=O) groups is 1. The Morgan fingerprint density at radius 3 is 2.56 bits per heavy atom. The predicted octanol–water partition coefficient (Wildman–Crippen LogP) is 2.42. The first-order valence-corrected chi connectivity index (χ1v) is 8.81. The van der Waals surface area contributed by atoms with E-state index in [2.05, 4.69) is 20.0 Å². The van der Waals surface area contributed by atoms with Gasteiger partial charge in [-0.15, -0.1) is 0 Å². The number of rotatable bonds is 3. The van der Waals surface area contributed by atoms with E-state index in [1.165, 1.54) is 24.5 Å². The Morgan fingerprint density at radius 1 is 1.07 bits per heavy atom. The number of amides is 1. The Hall–Kier alpha value is -3.00. The molecule has 0 N–H and O–H groups in total. The van der Waals surface area contributed by atoms with E-state index >= 15 is 0 Å². The van der Waals surface area contributed by atoms with Crippen molar-refractivity contribution in [1.82, 2.24) is 24.6 Å². The van der Waals surface area contributed by atoms with Gasteiger partial charge in [-0.25, -0.2) is 19.0 Å². The Morgan fingerprint density at radius 2 is 1.85 bits per heavy atom. The molecule has 7 nitrogen and oxygen atoms in total. The molecule has 4 rings (SSSR count). The number of hydrogen-bond donors (Lipinski definition) is 0. The van der Waals surface area contributed by atoms with Crippen molar-refractivity contribution < 1.29 is 9.18 Å². The number of aromatic nitrogens is 4. The molecule has 1 saturated heterocycles. The monoisotopic (exact) mass is 386 g/mol. The van der Waals surface area contributed by atoms with Crippen LogP contribution >= 0.6 is 11.6 Å². The molecule has 3 aromatic rings. The summed E-state index contributed by atoms with van der Waals surface area (Å²) in [7, 11) is 0. The number of carbonyl (C=O) groups excluding carboxylic acids is 1. The van der Waals surface area contributed by atoms with Crippen LogP contribution in [0.5, 0.6) is 0 Å². The average molecular weight is 387 g/mol. The normalized spacial score (nSPS) is 14.4. The van der Waals surface area contributed by atoms with Crippen molar-refractivity contribution in [2.24, 2.45) is 0 Å². The first-order valence-electron chi connectivity index (χ1n) is 8.44. The summed E-state index contributed by atoms with van der Waals surface area (Å²) in [6, 6.07) is 7.91. The van der Waals surface area contributed by atoms with E-state index in [-0.39, 0.29) is 10.6 Å². The van der Waals surface area contributed by atoms with Gasteiger partial charge in [0.05, 0.1) is 10.6 Å². The maximum absolute atomic E-state index is 14.0. The van der Waals surface area contributed by atoms with Crippen LogP contribution in [0, 0.1) is 5.82 Å². The minimum Gasteiger partial charge on any atom is -0.353 e. The van der Waals surface area contributed by atoms with Crippen LogP contribution in [0.15, 0.2) is 49.1 Å². The van der Waals surface area contributed by atoms with Gasteiger partial charge in [0.25, 0.3) is 5.91 Å². The fraction of sp³-hybridized carbons (Fsp3) is 0.222. The molecule has 3 heterocycles. The molecule has 1 aliphatic rings. The van der Waals surface area contributed by atoms with Crippen LogP contribution in [0.1, 0.15) is 10.4 Å². The summed E-state index contributed by atoms with van der Waals surface area (Å²) in [5, 5.41) is 4.29. The van der Waals surface area contributed by atoms with Crippen LogP contribution in [0.2, 0.25) is 5.02 Å². The second-order valence-electron chi connectivity index (χ2n) is 6.06. The van der Waals surface area contributed by atoms with E-state index in [0.29, 0.717) is 32.0 Å². The maximum atomic E-state index is 14.0. The van der Waals surface area contributed by atoms with Gasteiger partial charge in [0.15, 0.2) is 5.82 Å². The van der Waals surface area contributed by atoms with E-state index in [1.54, 1.807) is 22.0 Å². The average Bonchev–Trinajstić information content (AvgIpc) is 3.23. The van der Waals surface area contributed by atoms with E-state index in [4.69, 9.17) is 11.6 Å². The van der Waals surface area contributed by atoms with Crippen LogP contribution < -0.4 is 4.90 Å². The van der Waals surface area contributed by atoms with Crippen LogP contribution in [0.3, 0.4) is 0 Å². The highest BCUT2D eigenvalue weighted by Gasteiger charge is 2.26. The highest BCUT2D eigenvalue weighted by Crippen LogP contribution is 2.22. The first kappa shape index (κ1) is 17.4. The molecule has 0 bridgehead atoms. The minimum absolute atomic E-state index is 0.0735. The quantitative estimate of drug-likeness (QED) is 0.691. The Balaban J connectivity index is 1.47. The molecule has 1 aliphatic heterocycles. The molecule has 9 heteroatoms. The summed E-state index contributed by atoms with van der Waals surface area (Å²) in [6.07, 6.45) is 4.98. The van der Waals surface area contributed by atoms with Gasteiger partial charge < -0.3 is 9.80 Å². The molecule has 0 saturated carbocycles. The zero-order chi connectivity index (χ0) is 18.8. The van der Waals surface area contributed by atoms with Crippen LogP contribution in [-0.4, -0.2) is 56.7 Å². The van der Waals surface area contributed by atoms with Gasteiger partial charge in [-0.2, -0.15) is 5.10 Å². The van der Waals surface area contributed by atoms with Gasteiger partial charge in [0.1, 0.15) is 18.0 Å². The number of halogens is 2. The zero-order valence-corrected chi connectivity index (χ0v) is 15.1. The SMILES string of the molecule is O=C(c1c(F)cccc1Cl)N1CCN(c2cc(-n3cccn3)ncn2)CC1. The second kappa shape index (κ2) is 7.32. The second-order valence-corrected chi connectivity index (χ2v) is 6.47. The molecule has 1 amide bonds. The molecule has 0 unspecified atom stereocenters. The fourth-order valence-electron chi connectivity index (χ4n) is 3.04. The van der Waals surface area contributed by atoms with Gasteiger partial charge in [-0.3, -0.25) is 4.79 Å². The van der Waals surface area contributed by atoms with Crippen molar-refractivity contribution in [3.05, 3.63) is 65.5 Å². The summed E-state index contributed by atoms with van der Waals surface area (Å²) in [6.45, 7) is 2.05. The highest BCUT2D eigenvalue weighted by atomic mass is 35.5. The highest BCUT2D eigenvalue weighted by molar-refractivity contribution is 6.33. The smallest absolute Gasteiger partial charge is 0.258 e. The number of anilines is 1. The van der Waals surface area contributed by atoms with Crippen molar-refractivity contribution in [3.63, 3.8) is 0 Å². The van der Waals surface area contributed by atoms with Gasteiger partial charge in [0, 0.05) is 44.6 Å². The third kappa shape index (κ3) is 3.48. The van der Waals surface area contributed by atoms with Crippen LogP contribution in [0.4, 0.5) is 10.2 Å². The standard InChI is InChI=1S/C18H16ClFN6O/c19-13-3-1-4-14(20)17(13)18(27)25-9-7-24(8-10-25)15-11-16(22-12-21-15)26-6-2-5-23-26/h1-6,11-12H,7-10H2. The number of piperazine rings is 1. The summed E-state index contributed by atoms with van der Waals surface area (Å²) in [4.78, 5) is 24.8. The van der Waals surface area contributed by atoms with Crippen molar-refractivity contribution in [2.75, 3.05) is 31.1 Å². The van der Waals surface area contributed by atoms with Gasteiger partial charge >= 0.3 is 0 Å². The summed E-state index contributed by atoms with van der Waals surface area (Å²) in [5.74, 6) is 0.431. The largest absolute Gasteiger partial charge is 0.353 e. The molecule has 138 valence electrons. The van der Waals surface area contributed by atoms with Crippen LogP contribution in [-0.2, 0) is 0 Å². The summed E-state index contributed by atoms with van der Waals surface area (Å²) in [5.41, 5.74) is -0.0735. The Labute approximate surface area is 160 Å². The molecule has 0 radical (unpaired) electrons. The van der Waals surface area contributed by atoms with E-state index < -0.39 is 11.7 Å². The van der Waals surface area contributed by atoms with Crippen molar-refractivity contribution >= 4 is 23.3 Å². The lowest BCUT2D eigenvalue weighted by molar-refractivity contribution is 0.0742. The molecule has 1 fully saturated rings. The van der Waals surface area contributed by atoms with Gasteiger partial charge in [0.2, 0.25) is 0 Å². The number of benzene rings is 1. The predicted molar refractivity (Wildman–Crippen MR) is 98.7 cm³/mol. The summed E-state index contributed by atoms with van der Waals surface area (Å²) < 4.78 is 15.7. The molecule has 27 heavy (non-hydrogen) atoms. The minimum atomic E-state index is -0.602. The Kier molecular flexibility index (Phi) is 4.72. The molecular weight excluding hydrogens is 371 g/mol. The number of hydrogen-bond acceptors (Lipinski definition) is 5. The lowest BCUT2D eigenvalue weighted by atomic mass is 10.1. The molecular formula is C18H16ClFN6O. The van der Waals surface area contributed by atoms with Crippen molar-refractivity contribution in [2.45, 2.75) is 0 Å².